The normalized spacial score (nSPS) is 18.8. The first kappa shape index (κ1) is 14.1. The quantitative estimate of drug-likeness (QED) is 0.893. The summed E-state index contributed by atoms with van der Waals surface area (Å²) in [7, 11) is 1.90. The van der Waals surface area contributed by atoms with Crippen molar-refractivity contribution >= 4 is 5.91 Å². The molecule has 106 valence electrons. The summed E-state index contributed by atoms with van der Waals surface area (Å²) >= 11 is 0. The Morgan fingerprint density at radius 1 is 1.53 bits per heavy atom. The third-order valence-corrected chi connectivity index (χ3v) is 3.93. The van der Waals surface area contributed by atoms with Gasteiger partial charge < -0.3 is 10.2 Å². The zero-order valence-electron chi connectivity index (χ0n) is 12.4. The minimum atomic E-state index is 0.103. The second-order valence-electron chi connectivity index (χ2n) is 5.33. The molecule has 0 saturated carbocycles. The number of aryl methyl sites for hydroxylation is 2. The number of nitrogens with one attached hydrogen (secondary N) is 1. The van der Waals surface area contributed by atoms with Crippen LogP contribution in [0.5, 0.6) is 0 Å². The second-order valence-corrected chi connectivity index (χ2v) is 5.33. The molecule has 2 heterocycles. The van der Waals surface area contributed by atoms with Crippen LogP contribution in [-0.2, 0) is 6.54 Å². The molecule has 0 radical (unpaired) electrons. The minimum Gasteiger partial charge on any atom is -0.337 e. The maximum Gasteiger partial charge on any atom is 0.257 e. The second kappa shape index (κ2) is 5.74. The molecule has 19 heavy (non-hydrogen) atoms. The topological polar surface area (TPSA) is 50.2 Å². The molecule has 5 heteroatoms. The van der Waals surface area contributed by atoms with Gasteiger partial charge >= 0.3 is 0 Å². The van der Waals surface area contributed by atoms with Crippen molar-refractivity contribution in [3.63, 3.8) is 0 Å². The van der Waals surface area contributed by atoms with E-state index < -0.39 is 0 Å². The highest BCUT2D eigenvalue weighted by atomic mass is 16.2. The molecule has 1 aliphatic heterocycles. The van der Waals surface area contributed by atoms with Gasteiger partial charge in [-0.05, 0) is 33.2 Å². The largest absolute Gasteiger partial charge is 0.337 e. The molecule has 0 aliphatic carbocycles. The highest BCUT2D eigenvalue weighted by Crippen LogP contribution is 2.18. The van der Waals surface area contributed by atoms with Gasteiger partial charge in [0.25, 0.3) is 5.91 Å². The van der Waals surface area contributed by atoms with E-state index >= 15 is 0 Å². The van der Waals surface area contributed by atoms with Gasteiger partial charge in [-0.2, -0.15) is 5.10 Å². The lowest BCUT2D eigenvalue weighted by atomic mass is 10.1. The van der Waals surface area contributed by atoms with Crippen LogP contribution in [0.15, 0.2) is 0 Å². The van der Waals surface area contributed by atoms with Crippen LogP contribution in [0.2, 0.25) is 0 Å². The highest BCUT2D eigenvalue weighted by molar-refractivity contribution is 5.96. The van der Waals surface area contributed by atoms with E-state index in [1.54, 1.807) is 0 Å². The Bertz CT molecular complexity index is 460. The number of likely N-dealkylation sites (N-methyl/N-ethyl adjacent to an activating group) is 1. The lowest BCUT2D eigenvalue weighted by Gasteiger charge is -2.24. The SMILES string of the molecule is CCCn1nc(C)c(C(=O)N(C)C2CCNC2)c1C. The number of nitrogens with zero attached hydrogens (tertiary/aromatic N) is 3. The fraction of sp³-hybridized carbons (Fsp3) is 0.714. The number of hydrogen-bond donors (Lipinski definition) is 1. The lowest BCUT2D eigenvalue weighted by molar-refractivity contribution is 0.0742. The molecule has 1 N–H and O–H groups in total. The Morgan fingerprint density at radius 3 is 2.84 bits per heavy atom. The molecule has 1 fully saturated rings. The van der Waals surface area contributed by atoms with E-state index in [1.165, 1.54) is 0 Å². The molecular weight excluding hydrogens is 240 g/mol. The zero-order chi connectivity index (χ0) is 14.0. The van der Waals surface area contributed by atoms with Gasteiger partial charge in [0.1, 0.15) is 0 Å². The summed E-state index contributed by atoms with van der Waals surface area (Å²) in [6.45, 7) is 8.79. The minimum absolute atomic E-state index is 0.103. The lowest BCUT2D eigenvalue weighted by Crippen LogP contribution is -2.38. The van der Waals surface area contributed by atoms with Crippen LogP contribution in [0.1, 0.15) is 41.5 Å². The molecule has 1 aromatic heterocycles. The number of amides is 1. The molecule has 0 spiro atoms. The maximum atomic E-state index is 12.6. The number of aromatic nitrogens is 2. The molecule has 0 bridgehead atoms. The Kier molecular flexibility index (Phi) is 4.24. The number of rotatable bonds is 4. The van der Waals surface area contributed by atoms with Gasteiger partial charge in [-0.3, -0.25) is 9.48 Å². The molecule has 1 aromatic rings. The van der Waals surface area contributed by atoms with Gasteiger partial charge in [0.2, 0.25) is 0 Å². The van der Waals surface area contributed by atoms with Gasteiger partial charge in [0, 0.05) is 31.9 Å². The van der Waals surface area contributed by atoms with Gasteiger partial charge in [-0.1, -0.05) is 6.92 Å². The first-order valence-electron chi connectivity index (χ1n) is 7.08. The standard InChI is InChI=1S/C14H24N4O/c1-5-8-18-11(3)13(10(2)16-18)14(19)17(4)12-6-7-15-9-12/h12,15H,5-9H2,1-4H3. The third kappa shape index (κ3) is 2.66. The highest BCUT2D eigenvalue weighted by Gasteiger charge is 2.27. The molecule has 1 unspecified atom stereocenters. The summed E-state index contributed by atoms with van der Waals surface area (Å²) in [5.74, 6) is 0.103. The van der Waals surface area contributed by atoms with E-state index in [1.807, 2.05) is 30.5 Å². The molecular formula is C14H24N4O. The average Bonchev–Trinajstić information content (AvgIpc) is 2.98. The predicted octanol–water partition coefficient (Wildman–Crippen LogP) is 1.34. The van der Waals surface area contributed by atoms with Gasteiger partial charge in [-0.25, -0.2) is 0 Å². The van der Waals surface area contributed by atoms with Crippen LogP contribution in [0.3, 0.4) is 0 Å². The molecule has 0 aromatic carbocycles. The van der Waals surface area contributed by atoms with Gasteiger partial charge in [0.05, 0.1) is 11.3 Å². The summed E-state index contributed by atoms with van der Waals surface area (Å²) in [6.07, 6.45) is 2.06. The third-order valence-electron chi connectivity index (χ3n) is 3.93. The molecule has 5 nitrogen and oxygen atoms in total. The number of carbonyl (C=O) groups is 1. The summed E-state index contributed by atoms with van der Waals surface area (Å²) < 4.78 is 1.95. The van der Waals surface area contributed by atoms with E-state index in [9.17, 15) is 4.79 Å². The Hall–Kier alpha value is -1.36. The maximum absolute atomic E-state index is 12.6. The summed E-state index contributed by atoms with van der Waals surface area (Å²) in [5.41, 5.74) is 2.61. The van der Waals surface area contributed by atoms with Crippen LogP contribution < -0.4 is 5.32 Å². The van der Waals surface area contributed by atoms with Crippen LogP contribution in [0.4, 0.5) is 0 Å². The fourth-order valence-electron chi connectivity index (χ4n) is 2.75. The number of hydrogen-bond acceptors (Lipinski definition) is 3. The van der Waals surface area contributed by atoms with Gasteiger partial charge in [-0.15, -0.1) is 0 Å². The van der Waals surface area contributed by atoms with Crippen molar-refractivity contribution in [3.05, 3.63) is 17.0 Å². The molecule has 1 amide bonds. The van der Waals surface area contributed by atoms with Crippen LogP contribution in [0.25, 0.3) is 0 Å². The van der Waals surface area contributed by atoms with Crippen molar-refractivity contribution in [2.24, 2.45) is 0 Å². The van der Waals surface area contributed by atoms with Crippen molar-refractivity contribution in [1.82, 2.24) is 20.0 Å². The fourth-order valence-corrected chi connectivity index (χ4v) is 2.75. The van der Waals surface area contributed by atoms with E-state index in [2.05, 4.69) is 17.3 Å². The van der Waals surface area contributed by atoms with E-state index in [0.717, 1.165) is 49.4 Å². The predicted molar refractivity (Wildman–Crippen MR) is 75.4 cm³/mol. The Labute approximate surface area is 115 Å². The summed E-state index contributed by atoms with van der Waals surface area (Å²) in [6, 6.07) is 0.306. The molecule has 1 saturated heterocycles. The number of carbonyl (C=O) groups excluding carboxylic acids is 1. The van der Waals surface area contributed by atoms with Crippen LogP contribution in [-0.4, -0.2) is 46.8 Å². The van der Waals surface area contributed by atoms with Crippen molar-refractivity contribution in [2.45, 2.75) is 46.2 Å². The Morgan fingerprint density at radius 2 is 2.26 bits per heavy atom. The van der Waals surface area contributed by atoms with Crippen molar-refractivity contribution < 1.29 is 4.79 Å². The van der Waals surface area contributed by atoms with Crippen molar-refractivity contribution in [2.75, 3.05) is 20.1 Å². The first-order chi connectivity index (χ1) is 9.06. The van der Waals surface area contributed by atoms with Crippen molar-refractivity contribution in [3.8, 4) is 0 Å². The summed E-state index contributed by atoms with van der Waals surface area (Å²) in [5, 5.41) is 7.78. The van der Waals surface area contributed by atoms with Gasteiger partial charge in [0.15, 0.2) is 0 Å². The van der Waals surface area contributed by atoms with Crippen molar-refractivity contribution in [1.29, 1.82) is 0 Å². The zero-order valence-corrected chi connectivity index (χ0v) is 12.4. The molecule has 1 aliphatic rings. The molecule has 2 rings (SSSR count). The summed E-state index contributed by atoms with van der Waals surface area (Å²) in [4.78, 5) is 14.5. The van der Waals surface area contributed by atoms with E-state index in [4.69, 9.17) is 0 Å². The van der Waals surface area contributed by atoms with Crippen LogP contribution >= 0.6 is 0 Å². The van der Waals surface area contributed by atoms with Crippen LogP contribution in [0, 0.1) is 13.8 Å². The first-order valence-corrected chi connectivity index (χ1v) is 7.08. The Balaban J connectivity index is 2.22. The van der Waals surface area contributed by atoms with E-state index in [-0.39, 0.29) is 5.91 Å². The monoisotopic (exact) mass is 264 g/mol. The smallest absolute Gasteiger partial charge is 0.257 e. The average molecular weight is 264 g/mol. The van der Waals surface area contributed by atoms with E-state index in [0.29, 0.717) is 6.04 Å². The molecule has 1 atom stereocenters.